The molecule has 0 saturated heterocycles. The van der Waals surface area contributed by atoms with E-state index in [9.17, 15) is 27.2 Å². The molecule has 0 heterocycles. The Labute approximate surface area is 241 Å². The van der Waals surface area contributed by atoms with E-state index in [-0.39, 0.29) is 35.4 Å². The largest absolute Gasteiger partial charge is 0.451 e. The Morgan fingerprint density at radius 1 is 0.524 bits per heavy atom. The molecule has 5 rings (SSSR count). The van der Waals surface area contributed by atoms with Gasteiger partial charge in [0.15, 0.2) is 0 Å². The lowest BCUT2D eigenvalue weighted by molar-refractivity contribution is 0.0919. The smallest absolute Gasteiger partial charge is 0.251 e. The molecule has 0 aromatic heterocycles. The zero-order valence-electron chi connectivity index (χ0n) is 23.0. The number of rotatable bonds is 8. The van der Waals surface area contributed by atoms with E-state index in [1.807, 2.05) is 0 Å². The second kappa shape index (κ2) is 13.3. The zero-order valence-corrected chi connectivity index (χ0v) is 23.0. The van der Waals surface area contributed by atoms with Crippen LogP contribution in [0, 0.1) is 23.3 Å². The van der Waals surface area contributed by atoms with Crippen LogP contribution in [-0.2, 0) is 0 Å². The highest BCUT2D eigenvalue weighted by atomic mass is 19.2. The first-order valence-electron chi connectivity index (χ1n) is 14.3. The van der Waals surface area contributed by atoms with Crippen molar-refractivity contribution in [2.45, 2.75) is 76.3 Å². The third-order valence-corrected chi connectivity index (χ3v) is 7.74. The summed E-state index contributed by atoms with van der Waals surface area (Å²) in [6.45, 7) is 0. The number of hydrogen-bond acceptors (Lipinski definition) is 4. The number of amides is 2. The summed E-state index contributed by atoms with van der Waals surface area (Å²) in [6.07, 6.45) is 10.1. The number of nitrogens with one attached hydrogen (secondary N) is 2. The molecule has 3 aromatic rings. The Bertz CT molecular complexity index is 1280. The number of carbonyl (C=O) groups excluding carboxylic acids is 2. The van der Waals surface area contributed by atoms with Gasteiger partial charge in [-0.25, -0.2) is 0 Å². The summed E-state index contributed by atoms with van der Waals surface area (Å²) in [6, 6.07) is 10.9. The van der Waals surface area contributed by atoms with E-state index in [0.717, 1.165) is 64.2 Å². The summed E-state index contributed by atoms with van der Waals surface area (Å²) < 4.78 is 69.7. The van der Waals surface area contributed by atoms with E-state index in [1.165, 1.54) is 48.5 Å². The van der Waals surface area contributed by atoms with Crippen LogP contribution >= 0.6 is 0 Å². The molecule has 2 fully saturated rings. The van der Waals surface area contributed by atoms with Crippen LogP contribution in [0.2, 0.25) is 0 Å². The predicted molar refractivity (Wildman–Crippen MR) is 148 cm³/mol. The third kappa shape index (κ3) is 6.86. The molecule has 6 nitrogen and oxygen atoms in total. The van der Waals surface area contributed by atoms with E-state index >= 15 is 0 Å². The van der Waals surface area contributed by atoms with E-state index in [0.29, 0.717) is 11.1 Å². The molecule has 0 bridgehead atoms. The molecule has 2 aliphatic carbocycles. The number of halogens is 4. The van der Waals surface area contributed by atoms with Crippen LogP contribution in [0.15, 0.2) is 48.5 Å². The number of carbonyl (C=O) groups is 2. The van der Waals surface area contributed by atoms with Crippen molar-refractivity contribution < 1.29 is 36.6 Å². The van der Waals surface area contributed by atoms with Gasteiger partial charge in [-0.3, -0.25) is 9.59 Å². The minimum absolute atomic E-state index is 0.0979. The van der Waals surface area contributed by atoms with Crippen LogP contribution in [0.25, 0.3) is 0 Å². The lowest BCUT2D eigenvalue weighted by Gasteiger charge is -2.22. The van der Waals surface area contributed by atoms with Crippen LogP contribution in [-0.4, -0.2) is 23.9 Å². The first-order chi connectivity index (χ1) is 20.3. The SMILES string of the molecule is O=C(NC1CCCCC1)c1ccc(Oc2c(F)c(F)c(Oc3ccc(C(=O)NC4CCCCC4)cc3)c(F)c2F)cc1. The lowest BCUT2D eigenvalue weighted by atomic mass is 9.95. The normalized spacial score (nSPS) is 16.1. The maximum Gasteiger partial charge on any atom is 0.251 e. The van der Waals surface area contributed by atoms with E-state index in [1.54, 1.807) is 0 Å². The molecular weight excluding hydrogens is 552 g/mol. The molecule has 2 amide bonds. The van der Waals surface area contributed by atoms with Gasteiger partial charge in [0.2, 0.25) is 34.8 Å². The standard InChI is InChI=1S/C32H32F4N2O4/c33-25-27(35)30(42-24-17-13-20(14-18-24)32(40)38-22-9-5-2-6-10-22)28(36)26(34)29(25)41-23-15-11-19(12-16-23)31(39)37-21-7-3-1-4-8-21/h11-18,21-22H,1-10H2,(H,37,39)(H,38,40). The number of benzene rings is 3. The summed E-state index contributed by atoms with van der Waals surface area (Å²) in [5.74, 6) is -10.5. The summed E-state index contributed by atoms with van der Waals surface area (Å²) in [5.41, 5.74) is 0.625. The number of ether oxygens (including phenoxy) is 2. The van der Waals surface area contributed by atoms with Crippen molar-refractivity contribution in [1.82, 2.24) is 10.6 Å². The highest BCUT2D eigenvalue weighted by Gasteiger charge is 2.29. The van der Waals surface area contributed by atoms with Gasteiger partial charge in [-0.05, 0) is 74.2 Å². The predicted octanol–water partition coefficient (Wildman–Crippen LogP) is 7.95. The van der Waals surface area contributed by atoms with Gasteiger partial charge in [0.05, 0.1) is 0 Å². The van der Waals surface area contributed by atoms with Crippen molar-refractivity contribution in [2.75, 3.05) is 0 Å². The topological polar surface area (TPSA) is 76.7 Å². The van der Waals surface area contributed by atoms with Crippen molar-refractivity contribution in [3.8, 4) is 23.0 Å². The summed E-state index contributed by atoms with van der Waals surface area (Å²) in [5, 5.41) is 5.91. The lowest BCUT2D eigenvalue weighted by Crippen LogP contribution is -2.36. The van der Waals surface area contributed by atoms with Gasteiger partial charge in [0.25, 0.3) is 11.8 Å². The van der Waals surface area contributed by atoms with Gasteiger partial charge in [-0.15, -0.1) is 0 Å². The number of hydrogen-bond donors (Lipinski definition) is 2. The highest BCUT2D eigenvalue weighted by molar-refractivity contribution is 5.95. The maximum atomic E-state index is 14.8. The van der Waals surface area contributed by atoms with Crippen molar-refractivity contribution in [3.05, 3.63) is 82.9 Å². The van der Waals surface area contributed by atoms with Gasteiger partial charge < -0.3 is 20.1 Å². The maximum absolute atomic E-state index is 14.8. The fourth-order valence-electron chi connectivity index (χ4n) is 5.39. The molecule has 0 radical (unpaired) electrons. The molecule has 2 aliphatic rings. The Hall–Kier alpha value is -4.08. The van der Waals surface area contributed by atoms with Crippen molar-refractivity contribution >= 4 is 11.8 Å². The van der Waals surface area contributed by atoms with Gasteiger partial charge in [-0.2, -0.15) is 17.6 Å². The molecule has 10 heteroatoms. The van der Waals surface area contributed by atoms with E-state index < -0.39 is 34.8 Å². The summed E-state index contributed by atoms with van der Waals surface area (Å²) in [7, 11) is 0. The van der Waals surface area contributed by atoms with Crippen LogP contribution in [0.4, 0.5) is 17.6 Å². The minimum Gasteiger partial charge on any atom is -0.451 e. The summed E-state index contributed by atoms with van der Waals surface area (Å²) >= 11 is 0. The van der Waals surface area contributed by atoms with Crippen LogP contribution < -0.4 is 20.1 Å². The second-order valence-corrected chi connectivity index (χ2v) is 10.8. The molecule has 0 spiro atoms. The van der Waals surface area contributed by atoms with Gasteiger partial charge >= 0.3 is 0 Å². The average Bonchev–Trinajstić information content (AvgIpc) is 3.02. The summed E-state index contributed by atoms with van der Waals surface area (Å²) in [4.78, 5) is 25.0. The van der Waals surface area contributed by atoms with Crippen LogP contribution in [0.1, 0.15) is 84.9 Å². The second-order valence-electron chi connectivity index (χ2n) is 10.8. The third-order valence-electron chi connectivity index (χ3n) is 7.74. The fraction of sp³-hybridized carbons (Fsp3) is 0.375. The monoisotopic (exact) mass is 584 g/mol. The molecule has 222 valence electrons. The van der Waals surface area contributed by atoms with Crippen LogP contribution in [0.5, 0.6) is 23.0 Å². The Morgan fingerprint density at radius 3 is 1.14 bits per heavy atom. The highest BCUT2D eigenvalue weighted by Crippen LogP contribution is 2.39. The van der Waals surface area contributed by atoms with Gasteiger partial charge in [0, 0.05) is 23.2 Å². The Balaban J connectivity index is 1.25. The van der Waals surface area contributed by atoms with Gasteiger partial charge in [-0.1, -0.05) is 38.5 Å². The quantitative estimate of drug-likeness (QED) is 0.208. The molecule has 0 aliphatic heterocycles. The van der Waals surface area contributed by atoms with Crippen LogP contribution in [0.3, 0.4) is 0 Å². The Kier molecular flexibility index (Phi) is 9.29. The molecule has 0 atom stereocenters. The molecule has 0 unspecified atom stereocenters. The molecule has 2 N–H and O–H groups in total. The first-order valence-corrected chi connectivity index (χ1v) is 14.3. The van der Waals surface area contributed by atoms with Crippen molar-refractivity contribution in [2.24, 2.45) is 0 Å². The molecule has 3 aromatic carbocycles. The van der Waals surface area contributed by atoms with E-state index in [4.69, 9.17) is 9.47 Å². The van der Waals surface area contributed by atoms with E-state index in [2.05, 4.69) is 10.6 Å². The average molecular weight is 585 g/mol. The Morgan fingerprint density at radius 2 is 0.833 bits per heavy atom. The van der Waals surface area contributed by atoms with Crippen molar-refractivity contribution in [3.63, 3.8) is 0 Å². The van der Waals surface area contributed by atoms with Crippen molar-refractivity contribution in [1.29, 1.82) is 0 Å². The first kappa shape index (κ1) is 29.4. The fourth-order valence-corrected chi connectivity index (χ4v) is 5.39. The molecule has 2 saturated carbocycles. The minimum atomic E-state index is -1.79. The zero-order chi connectivity index (χ0) is 29.6. The molecule has 42 heavy (non-hydrogen) atoms. The molecular formula is C32H32F4N2O4. The van der Waals surface area contributed by atoms with Gasteiger partial charge in [0.1, 0.15) is 11.5 Å².